The Labute approximate surface area is 82.5 Å². The molecule has 0 N–H and O–H groups in total. The number of hydrogen-bond donors (Lipinski definition) is 0. The van der Waals surface area contributed by atoms with Gasteiger partial charge in [-0.15, -0.1) is 11.8 Å². The summed E-state index contributed by atoms with van der Waals surface area (Å²) in [5, 5.41) is 0. The summed E-state index contributed by atoms with van der Waals surface area (Å²) in [6.07, 6.45) is 2.41. The quantitative estimate of drug-likeness (QED) is 0.591. The van der Waals surface area contributed by atoms with Crippen molar-refractivity contribution in [1.82, 2.24) is 0 Å². The zero-order valence-corrected chi connectivity index (χ0v) is 8.71. The van der Waals surface area contributed by atoms with Crippen LogP contribution in [-0.4, -0.2) is 12.5 Å². The van der Waals surface area contributed by atoms with Crippen LogP contribution in [0.5, 0.6) is 0 Å². The SMILES string of the molecule is CSc1cc(Br)c(C=O)cc1F. The van der Waals surface area contributed by atoms with E-state index >= 15 is 0 Å². The fraction of sp³-hybridized carbons (Fsp3) is 0.125. The predicted octanol–water partition coefficient (Wildman–Crippen LogP) is 3.12. The molecule has 1 aromatic carbocycles. The Morgan fingerprint density at radius 1 is 1.58 bits per heavy atom. The minimum absolute atomic E-state index is 0.338. The highest BCUT2D eigenvalue weighted by atomic mass is 79.9. The maximum absolute atomic E-state index is 13.0. The van der Waals surface area contributed by atoms with Gasteiger partial charge in [0.15, 0.2) is 6.29 Å². The lowest BCUT2D eigenvalue weighted by atomic mass is 10.2. The summed E-state index contributed by atoms with van der Waals surface area (Å²) in [6.45, 7) is 0. The molecule has 12 heavy (non-hydrogen) atoms. The van der Waals surface area contributed by atoms with Crippen LogP contribution in [0.4, 0.5) is 4.39 Å². The Balaban J connectivity index is 3.25. The molecular weight excluding hydrogens is 243 g/mol. The van der Waals surface area contributed by atoms with Crippen LogP contribution in [0.3, 0.4) is 0 Å². The van der Waals surface area contributed by atoms with Gasteiger partial charge in [0, 0.05) is 14.9 Å². The average Bonchev–Trinajstić information content (AvgIpc) is 2.08. The van der Waals surface area contributed by atoms with E-state index in [9.17, 15) is 9.18 Å². The van der Waals surface area contributed by atoms with E-state index in [1.54, 1.807) is 12.3 Å². The first kappa shape index (κ1) is 9.74. The Bertz CT molecular complexity index is 314. The van der Waals surface area contributed by atoms with E-state index in [2.05, 4.69) is 15.9 Å². The molecule has 0 bridgehead atoms. The summed E-state index contributed by atoms with van der Waals surface area (Å²) in [4.78, 5) is 10.9. The number of thioether (sulfide) groups is 1. The Hall–Kier alpha value is -0.350. The third-order valence-electron chi connectivity index (χ3n) is 1.40. The molecule has 0 atom stereocenters. The molecule has 1 nitrogen and oxygen atoms in total. The van der Waals surface area contributed by atoms with Gasteiger partial charge in [-0.3, -0.25) is 4.79 Å². The van der Waals surface area contributed by atoms with Crippen LogP contribution in [0, 0.1) is 5.82 Å². The Morgan fingerprint density at radius 3 is 2.75 bits per heavy atom. The van der Waals surface area contributed by atoms with E-state index in [1.165, 1.54) is 17.8 Å². The lowest BCUT2D eigenvalue weighted by Crippen LogP contribution is -1.87. The van der Waals surface area contributed by atoms with Crippen LogP contribution >= 0.6 is 27.7 Å². The number of hydrogen-bond acceptors (Lipinski definition) is 2. The molecule has 0 spiro atoms. The first-order valence-electron chi connectivity index (χ1n) is 3.17. The second kappa shape index (κ2) is 4.05. The van der Waals surface area contributed by atoms with Crippen LogP contribution in [0.25, 0.3) is 0 Å². The van der Waals surface area contributed by atoms with Gasteiger partial charge in [-0.1, -0.05) is 15.9 Å². The molecule has 1 rings (SSSR count). The minimum atomic E-state index is -0.354. The molecule has 64 valence electrons. The van der Waals surface area contributed by atoms with E-state index in [-0.39, 0.29) is 5.82 Å². The summed E-state index contributed by atoms with van der Waals surface area (Å²) in [5.74, 6) is -0.354. The predicted molar refractivity (Wildman–Crippen MR) is 51.3 cm³/mol. The van der Waals surface area contributed by atoms with Crippen molar-refractivity contribution < 1.29 is 9.18 Å². The number of halogens is 2. The van der Waals surface area contributed by atoms with Crippen LogP contribution in [-0.2, 0) is 0 Å². The topological polar surface area (TPSA) is 17.1 Å². The molecule has 0 saturated carbocycles. The Morgan fingerprint density at radius 2 is 2.25 bits per heavy atom. The summed E-state index contributed by atoms with van der Waals surface area (Å²) < 4.78 is 13.6. The van der Waals surface area contributed by atoms with Crippen molar-refractivity contribution in [3.63, 3.8) is 0 Å². The van der Waals surface area contributed by atoms with Gasteiger partial charge in [-0.25, -0.2) is 4.39 Å². The van der Waals surface area contributed by atoms with Crippen molar-refractivity contribution in [3.8, 4) is 0 Å². The van der Waals surface area contributed by atoms with Gasteiger partial charge in [0.2, 0.25) is 0 Å². The zero-order valence-electron chi connectivity index (χ0n) is 6.30. The fourth-order valence-corrected chi connectivity index (χ4v) is 1.87. The minimum Gasteiger partial charge on any atom is -0.298 e. The van der Waals surface area contributed by atoms with Crippen LogP contribution in [0.1, 0.15) is 10.4 Å². The summed E-state index contributed by atoms with van der Waals surface area (Å²) >= 11 is 4.48. The van der Waals surface area contributed by atoms with E-state index in [0.29, 0.717) is 21.2 Å². The highest BCUT2D eigenvalue weighted by Crippen LogP contribution is 2.25. The molecule has 0 aromatic heterocycles. The van der Waals surface area contributed by atoms with Gasteiger partial charge in [0.05, 0.1) is 0 Å². The zero-order chi connectivity index (χ0) is 9.14. The first-order chi connectivity index (χ1) is 5.69. The normalized spacial score (nSPS) is 9.92. The Kier molecular flexibility index (Phi) is 3.29. The summed E-state index contributed by atoms with van der Waals surface area (Å²) in [5.41, 5.74) is 0.338. The summed E-state index contributed by atoms with van der Waals surface area (Å²) in [7, 11) is 0. The molecule has 0 aliphatic heterocycles. The standard InChI is InChI=1S/C8H6BrFOS/c1-12-8-3-6(9)5(4-11)2-7(8)10/h2-4H,1H3. The maximum Gasteiger partial charge on any atom is 0.151 e. The molecule has 4 heteroatoms. The molecule has 0 unspecified atom stereocenters. The molecular formula is C8H6BrFOS. The molecule has 0 amide bonds. The average molecular weight is 249 g/mol. The van der Waals surface area contributed by atoms with E-state index < -0.39 is 0 Å². The van der Waals surface area contributed by atoms with Crippen molar-refractivity contribution in [2.24, 2.45) is 0 Å². The van der Waals surface area contributed by atoms with Gasteiger partial charge < -0.3 is 0 Å². The van der Waals surface area contributed by atoms with Crippen molar-refractivity contribution in [1.29, 1.82) is 0 Å². The molecule has 1 aromatic rings. The van der Waals surface area contributed by atoms with Gasteiger partial charge >= 0.3 is 0 Å². The first-order valence-corrected chi connectivity index (χ1v) is 5.19. The summed E-state index contributed by atoms with van der Waals surface area (Å²) in [6, 6.07) is 2.83. The maximum atomic E-state index is 13.0. The molecule has 0 aliphatic carbocycles. The third-order valence-corrected chi connectivity index (χ3v) is 2.84. The fourth-order valence-electron chi connectivity index (χ4n) is 0.791. The molecule has 0 saturated heterocycles. The number of aldehydes is 1. The highest BCUT2D eigenvalue weighted by molar-refractivity contribution is 9.10. The highest BCUT2D eigenvalue weighted by Gasteiger charge is 2.06. The van der Waals surface area contributed by atoms with Gasteiger partial charge in [-0.05, 0) is 18.4 Å². The van der Waals surface area contributed by atoms with Crippen molar-refractivity contribution >= 4 is 34.0 Å². The third kappa shape index (κ3) is 1.87. The number of rotatable bonds is 2. The van der Waals surface area contributed by atoms with Gasteiger partial charge in [0.25, 0.3) is 0 Å². The second-order valence-electron chi connectivity index (χ2n) is 2.13. The molecule has 0 fully saturated rings. The number of benzene rings is 1. The van der Waals surface area contributed by atoms with Gasteiger partial charge in [-0.2, -0.15) is 0 Å². The van der Waals surface area contributed by atoms with Crippen LogP contribution < -0.4 is 0 Å². The van der Waals surface area contributed by atoms with E-state index in [1.807, 2.05) is 0 Å². The number of carbonyl (C=O) groups is 1. The monoisotopic (exact) mass is 248 g/mol. The molecule has 0 heterocycles. The lowest BCUT2D eigenvalue weighted by Gasteiger charge is -2.01. The van der Waals surface area contributed by atoms with E-state index in [0.717, 1.165) is 0 Å². The molecule has 0 aliphatic rings. The van der Waals surface area contributed by atoms with Crippen molar-refractivity contribution in [2.45, 2.75) is 4.90 Å². The van der Waals surface area contributed by atoms with Crippen LogP contribution in [0.2, 0.25) is 0 Å². The molecule has 0 radical (unpaired) electrons. The largest absolute Gasteiger partial charge is 0.298 e. The number of carbonyl (C=O) groups excluding carboxylic acids is 1. The lowest BCUT2D eigenvalue weighted by molar-refractivity contribution is 0.112. The van der Waals surface area contributed by atoms with E-state index in [4.69, 9.17) is 0 Å². The smallest absolute Gasteiger partial charge is 0.151 e. The van der Waals surface area contributed by atoms with Crippen LogP contribution in [0.15, 0.2) is 21.5 Å². The van der Waals surface area contributed by atoms with Crippen molar-refractivity contribution in [2.75, 3.05) is 6.26 Å². The van der Waals surface area contributed by atoms with Crippen molar-refractivity contribution in [3.05, 3.63) is 28.0 Å². The second-order valence-corrected chi connectivity index (χ2v) is 3.83. The van der Waals surface area contributed by atoms with Gasteiger partial charge in [0.1, 0.15) is 5.82 Å².